The van der Waals surface area contributed by atoms with E-state index in [-0.39, 0.29) is 5.60 Å². The molecule has 0 bridgehead atoms. The van der Waals surface area contributed by atoms with Gasteiger partial charge in [-0.25, -0.2) is 0 Å². The molecule has 112 valence electrons. The van der Waals surface area contributed by atoms with E-state index in [0.717, 1.165) is 44.8 Å². The number of aliphatic hydroxyl groups is 1. The molecule has 19 heavy (non-hydrogen) atoms. The van der Waals surface area contributed by atoms with Gasteiger partial charge in [0.05, 0.1) is 11.2 Å². The lowest BCUT2D eigenvalue weighted by Gasteiger charge is -2.40. The van der Waals surface area contributed by atoms with E-state index < -0.39 is 5.60 Å². The first-order chi connectivity index (χ1) is 8.92. The van der Waals surface area contributed by atoms with Crippen molar-refractivity contribution >= 4 is 0 Å². The van der Waals surface area contributed by atoms with Gasteiger partial charge in [-0.15, -0.1) is 0 Å². The highest BCUT2D eigenvalue weighted by atomic mass is 16.5. The van der Waals surface area contributed by atoms with Crippen LogP contribution >= 0.6 is 0 Å². The Bertz CT molecular complexity index is 282. The monoisotopic (exact) mass is 269 g/mol. The molecule has 2 N–H and O–H groups in total. The van der Waals surface area contributed by atoms with Crippen LogP contribution in [0.15, 0.2) is 0 Å². The Hall–Kier alpha value is -0.120. The Balaban J connectivity index is 1.75. The second-order valence-electron chi connectivity index (χ2n) is 7.25. The van der Waals surface area contributed by atoms with E-state index in [4.69, 9.17) is 4.74 Å². The van der Waals surface area contributed by atoms with Crippen molar-refractivity contribution in [3.8, 4) is 0 Å². The highest BCUT2D eigenvalue weighted by Crippen LogP contribution is 2.33. The van der Waals surface area contributed by atoms with Crippen molar-refractivity contribution in [3.63, 3.8) is 0 Å². The molecule has 0 aromatic heterocycles. The Morgan fingerprint density at radius 2 is 1.89 bits per heavy atom. The van der Waals surface area contributed by atoms with Crippen LogP contribution in [0.25, 0.3) is 0 Å². The molecule has 0 aromatic carbocycles. The molecule has 2 rings (SSSR count). The second-order valence-corrected chi connectivity index (χ2v) is 7.25. The van der Waals surface area contributed by atoms with Gasteiger partial charge >= 0.3 is 0 Å². The molecule has 0 radical (unpaired) electrons. The fraction of sp³-hybridized carbons (Fsp3) is 1.00. The second kappa shape index (κ2) is 6.11. The van der Waals surface area contributed by atoms with Crippen LogP contribution in [0.2, 0.25) is 0 Å². The summed E-state index contributed by atoms with van der Waals surface area (Å²) in [6.07, 6.45) is 7.67. The van der Waals surface area contributed by atoms with Gasteiger partial charge in [0.15, 0.2) is 0 Å². The summed E-state index contributed by atoms with van der Waals surface area (Å²) in [6, 6.07) is 0.497. The van der Waals surface area contributed by atoms with Crippen LogP contribution in [-0.2, 0) is 4.74 Å². The minimum Gasteiger partial charge on any atom is -0.389 e. The number of hydrogen-bond donors (Lipinski definition) is 2. The molecular formula is C16H31NO2. The van der Waals surface area contributed by atoms with Crippen LogP contribution in [0, 0.1) is 5.92 Å². The van der Waals surface area contributed by atoms with Crippen LogP contribution in [-0.4, -0.2) is 35.5 Å². The summed E-state index contributed by atoms with van der Waals surface area (Å²) in [5.41, 5.74) is -0.480. The maximum atomic E-state index is 10.7. The predicted molar refractivity (Wildman–Crippen MR) is 78.3 cm³/mol. The molecule has 1 unspecified atom stereocenters. The predicted octanol–water partition coefficient (Wildman–Crippen LogP) is 2.86. The van der Waals surface area contributed by atoms with Crippen molar-refractivity contribution in [2.45, 2.75) is 83.0 Å². The van der Waals surface area contributed by atoms with Crippen molar-refractivity contribution in [2.24, 2.45) is 5.92 Å². The number of rotatable bonds is 4. The van der Waals surface area contributed by atoms with Gasteiger partial charge in [-0.1, -0.05) is 13.3 Å². The lowest BCUT2D eigenvalue weighted by molar-refractivity contribution is -0.0689. The molecule has 1 atom stereocenters. The van der Waals surface area contributed by atoms with Crippen LogP contribution in [0.3, 0.4) is 0 Å². The summed E-state index contributed by atoms with van der Waals surface area (Å²) >= 11 is 0. The molecule has 2 fully saturated rings. The van der Waals surface area contributed by atoms with Gasteiger partial charge in [0, 0.05) is 19.2 Å². The Morgan fingerprint density at radius 3 is 2.47 bits per heavy atom. The van der Waals surface area contributed by atoms with E-state index in [9.17, 15) is 5.11 Å². The number of nitrogens with one attached hydrogen (secondary N) is 1. The van der Waals surface area contributed by atoms with Gasteiger partial charge in [0.2, 0.25) is 0 Å². The average Bonchev–Trinajstić information content (AvgIpc) is 2.37. The Morgan fingerprint density at radius 1 is 1.21 bits per heavy atom. The highest BCUT2D eigenvalue weighted by Gasteiger charge is 2.34. The zero-order valence-electron chi connectivity index (χ0n) is 12.9. The van der Waals surface area contributed by atoms with E-state index in [1.54, 1.807) is 0 Å². The lowest BCUT2D eigenvalue weighted by Crippen LogP contribution is -2.50. The summed E-state index contributed by atoms with van der Waals surface area (Å²) in [7, 11) is 0. The maximum absolute atomic E-state index is 10.7. The van der Waals surface area contributed by atoms with Crippen LogP contribution in [0.1, 0.15) is 65.7 Å². The summed E-state index contributed by atoms with van der Waals surface area (Å²) in [5.74, 6) is 0.835. The van der Waals surface area contributed by atoms with Crippen LogP contribution < -0.4 is 5.32 Å². The van der Waals surface area contributed by atoms with Crippen molar-refractivity contribution in [2.75, 3.05) is 13.2 Å². The standard InChI is InChI=1S/C16H31NO2/c1-4-13-5-8-16(18,9-6-13)12-17-14-7-10-19-15(2,3)11-14/h13-14,17-18H,4-12H2,1-3H3. The third kappa shape index (κ3) is 4.44. The molecule has 1 saturated heterocycles. The normalized spacial score (nSPS) is 39.2. The molecule has 0 spiro atoms. The molecule has 3 heteroatoms. The first-order valence-electron chi connectivity index (χ1n) is 8.02. The molecule has 0 aromatic rings. The minimum atomic E-state index is -0.464. The summed E-state index contributed by atoms with van der Waals surface area (Å²) < 4.78 is 5.74. The molecule has 2 aliphatic rings. The fourth-order valence-electron chi connectivity index (χ4n) is 3.54. The molecule has 1 saturated carbocycles. The molecular weight excluding hydrogens is 238 g/mol. The van der Waals surface area contributed by atoms with Gasteiger partial charge < -0.3 is 15.2 Å². The molecule has 3 nitrogen and oxygen atoms in total. The van der Waals surface area contributed by atoms with Gasteiger partial charge in [0.1, 0.15) is 0 Å². The van der Waals surface area contributed by atoms with Crippen molar-refractivity contribution < 1.29 is 9.84 Å². The lowest BCUT2D eigenvalue weighted by atomic mass is 9.77. The first-order valence-corrected chi connectivity index (χ1v) is 8.02. The van der Waals surface area contributed by atoms with Gasteiger partial charge in [-0.3, -0.25) is 0 Å². The zero-order chi connectivity index (χ0) is 13.9. The van der Waals surface area contributed by atoms with Crippen molar-refractivity contribution in [1.29, 1.82) is 0 Å². The largest absolute Gasteiger partial charge is 0.389 e. The maximum Gasteiger partial charge on any atom is 0.0771 e. The Labute approximate surface area is 118 Å². The summed E-state index contributed by atoms with van der Waals surface area (Å²) in [5, 5.41) is 14.2. The van der Waals surface area contributed by atoms with E-state index >= 15 is 0 Å². The van der Waals surface area contributed by atoms with Crippen LogP contribution in [0.5, 0.6) is 0 Å². The average molecular weight is 269 g/mol. The third-order valence-electron chi connectivity index (χ3n) is 5.03. The van der Waals surface area contributed by atoms with Gasteiger partial charge in [-0.2, -0.15) is 0 Å². The third-order valence-corrected chi connectivity index (χ3v) is 5.03. The van der Waals surface area contributed by atoms with E-state index in [2.05, 4.69) is 26.1 Å². The van der Waals surface area contributed by atoms with Gasteiger partial charge in [-0.05, 0) is 58.3 Å². The molecule has 1 heterocycles. The number of ether oxygens (including phenoxy) is 1. The van der Waals surface area contributed by atoms with E-state index in [0.29, 0.717) is 6.04 Å². The van der Waals surface area contributed by atoms with Gasteiger partial charge in [0.25, 0.3) is 0 Å². The molecule has 1 aliphatic carbocycles. The Kier molecular flexibility index (Phi) is 4.91. The minimum absolute atomic E-state index is 0.0155. The van der Waals surface area contributed by atoms with E-state index in [1.165, 1.54) is 19.3 Å². The fourth-order valence-corrected chi connectivity index (χ4v) is 3.54. The summed E-state index contributed by atoms with van der Waals surface area (Å²) in [6.45, 7) is 8.16. The van der Waals surface area contributed by atoms with Crippen molar-refractivity contribution in [3.05, 3.63) is 0 Å². The summed E-state index contributed by atoms with van der Waals surface area (Å²) in [4.78, 5) is 0. The van der Waals surface area contributed by atoms with Crippen LogP contribution in [0.4, 0.5) is 0 Å². The SMILES string of the molecule is CCC1CCC(O)(CNC2CCOC(C)(C)C2)CC1. The first kappa shape index (κ1) is 15.3. The molecule has 1 aliphatic heterocycles. The quantitative estimate of drug-likeness (QED) is 0.824. The molecule has 0 amide bonds. The smallest absolute Gasteiger partial charge is 0.0771 e. The topological polar surface area (TPSA) is 41.5 Å². The number of hydrogen-bond acceptors (Lipinski definition) is 3. The van der Waals surface area contributed by atoms with E-state index in [1.807, 2.05) is 0 Å². The highest BCUT2D eigenvalue weighted by molar-refractivity contribution is 4.90. The van der Waals surface area contributed by atoms with Crippen molar-refractivity contribution in [1.82, 2.24) is 5.32 Å². The zero-order valence-corrected chi connectivity index (χ0v) is 12.9.